The summed E-state index contributed by atoms with van der Waals surface area (Å²) >= 11 is 0. The van der Waals surface area contributed by atoms with E-state index < -0.39 is 0 Å². The first-order valence-electron chi connectivity index (χ1n) is 15.4. The van der Waals surface area contributed by atoms with Gasteiger partial charge >= 0.3 is 0 Å². The van der Waals surface area contributed by atoms with Gasteiger partial charge in [-0.25, -0.2) is 19.9 Å². The molecule has 0 radical (unpaired) electrons. The Labute approximate surface area is 265 Å². The number of aromatic nitrogens is 4. The van der Waals surface area contributed by atoms with Crippen LogP contribution < -0.4 is 0 Å². The van der Waals surface area contributed by atoms with E-state index in [9.17, 15) is 0 Å². The maximum absolute atomic E-state index is 5.16. The van der Waals surface area contributed by atoms with Crippen LogP contribution in [0.2, 0.25) is 0 Å². The van der Waals surface area contributed by atoms with E-state index in [0.29, 0.717) is 0 Å². The number of benzene rings is 6. The van der Waals surface area contributed by atoms with Gasteiger partial charge in [0.2, 0.25) is 0 Å². The predicted octanol–water partition coefficient (Wildman–Crippen LogP) is 10.5. The van der Waals surface area contributed by atoms with Crippen LogP contribution in [0.1, 0.15) is 0 Å². The van der Waals surface area contributed by atoms with E-state index in [1.165, 1.54) is 10.8 Å². The Balaban J connectivity index is 1.15. The average Bonchev–Trinajstić information content (AvgIpc) is 3.14. The number of hydrogen-bond donors (Lipinski definition) is 0. The summed E-state index contributed by atoms with van der Waals surface area (Å²) in [6, 6.07) is 54.4. The molecule has 0 aliphatic heterocycles. The first-order chi connectivity index (χ1) is 22.8. The fourth-order valence-electron chi connectivity index (χ4n) is 6.24. The summed E-state index contributed by atoms with van der Waals surface area (Å²) in [7, 11) is 0. The van der Waals surface area contributed by atoms with Crippen molar-refractivity contribution in [1.29, 1.82) is 0 Å². The molecule has 46 heavy (non-hydrogen) atoms. The van der Waals surface area contributed by atoms with Crippen molar-refractivity contribution in [2.75, 3.05) is 0 Å². The molecule has 4 nitrogen and oxygen atoms in total. The molecule has 6 aromatic carbocycles. The highest BCUT2D eigenvalue weighted by Crippen LogP contribution is 2.34. The van der Waals surface area contributed by atoms with Crippen molar-refractivity contribution >= 4 is 43.6 Å². The second-order valence-corrected chi connectivity index (χ2v) is 11.5. The molecule has 0 spiro atoms. The summed E-state index contributed by atoms with van der Waals surface area (Å²) in [5, 5.41) is 4.52. The van der Waals surface area contributed by atoms with Crippen molar-refractivity contribution in [3.63, 3.8) is 0 Å². The molecular weight excluding hydrogens is 560 g/mol. The Hall–Kier alpha value is -6.26. The molecule has 0 unspecified atom stereocenters. The van der Waals surface area contributed by atoms with Crippen LogP contribution in [-0.2, 0) is 0 Å². The Morgan fingerprint density at radius 2 is 0.739 bits per heavy atom. The van der Waals surface area contributed by atoms with Crippen molar-refractivity contribution in [3.05, 3.63) is 158 Å². The summed E-state index contributed by atoms with van der Waals surface area (Å²) in [5.41, 5.74) is 11.3. The topological polar surface area (TPSA) is 51.6 Å². The van der Waals surface area contributed by atoms with Gasteiger partial charge in [0.25, 0.3) is 0 Å². The second kappa shape index (κ2) is 10.7. The van der Waals surface area contributed by atoms with Crippen LogP contribution in [0.5, 0.6) is 0 Å². The lowest BCUT2D eigenvalue weighted by molar-refractivity contribution is 1.29. The molecule has 0 saturated carbocycles. The van der Waals surface area contributed by atoms with Crippen LogP contribution in [0.3, 0.4) is 0 Å². The summed E-state index contributed by atoms with van der Waals surface area (Å²) in [6.07, 6.45) is 0. The van der Waals surface area contributed by atoms with E-state index in [1.54, 1.807) is 0 Å². The maximum Gasteiger partial charge on any atom is 0.0973 e. The highest BCUT2D eigenvalue weighted by atomic mass is 14.8. The van der Waals surface area contributed by atoms with Gasteiger partial charge in [0.15, 0.2) is 0 Å². The molecule has 3 aromatic heterocycles. The highest BCUT2D eigenvalue weighted by molar-refractivity contribution is 6.04. The number of rotatable bonds is 4. The van der Waals surface area contributed by atoms with Gasteiger partial charge in [0, 0.05) is 33.0 Å². The van der Waals surface area contributed by atoms with Crippen molar-refractivity contribution < 1.29 is 0 Å². The zero-order valence-electron chi connectivity index (χ0n) is 24.8. The van der Waals surface area contributed by atoms with Crippen molar-refractivity contribution in [2.24, 2.45) is 0 Å². The second-order valence-electron chi connectivity index (χ2n) is 11.5. The lowest BCUT2D eigenvalue weighted by Gasteiger charge is -2.12. The smallest absolute Gasteiger partial charge is 0.0973 e. The molecule has 0 bridgehead atoms. The molecule has 0 fully saturated rings. The molecular formula is C42H26N4. The minimum absolute atomic E-state index is 0.857. The molecule has 0 atom stereocenters. The van der Waals surface area contributed by atoms with Gasteiger partial charge in [-0.3, -0.25) is 0 Å². The summed E-state index contributed by atoms with van der Waals surface area (Å²) in [5.74, 6) is 0. The molecule has 3 heterocycles. The summed E-state index contributed by atoms with van der Waals surface area (Å²) < 4.78 is 0. The van der Waals surface area contributed by atoms with Gasteiger partial charge in [-0.15, -0.1) is 0 Å². The number of fused-ring (bicyclic) bond motifs is 5. The maximum atomic E-state index is 5.16. The van der Waals surface area contributed by atoms with Crippen molar-refractivity contribution in [2.45, 2.75) is 0 Å². The van der Waals surface area contributed by atoms with E-state index in [0.717, 1.165) is 77.9 Å². The van der Waals surface area contributed by atoms with E-state index in [1.807, 2.05) is 42.5 Å². The molecule has 0 saturated heterocycles. The van der Waals surface area contributed by atoms with Crippen LogP contribution in [0.25, 0.3) is 88.6 Å². The van der Waals surface area contributed by atoms with E-state index in [-0.39, 0.29) is 0 Å². The molecule has 214 valence electrons. The normalized spacial score (nSPS) is 11.5. The third kappa shape index (κ3) is 4.56. The third-order valence-electron chi connectivity index (χ3n) is 8.64. The van der Waals surface area contributed by atoms with Gasteiger partial charge < -0.3 is 0 Å². The molecule has 0 N–H and O–H groups in total. The number of para-hydroxylation sites is 2. The number of nitrogens with zero attached hydrogens (tertiary/aromatic N) is 4. The zero-order valence-corrected chi connectivity index (χ0v) is 24.8. The minimum Gasteiger partial charge on any atom is -0.245 e. The van der Waals surface area contributed by atoms with Crippen LogP contribution in [0.15, 0.2) is 158 Å². The average molecular weight is 587 g/mol. The summed E-state index contributed by atoms with van der Waals surface area (Å²) in [6.45, 7) is 0. The molecule has 9 rings (SSSR count). The predicted molar refractivity (Wildman–Crippen MR) is 189 cm³/mol. The Morgan fingerprint density at radius 1 is 0.283 bits per heavy atom. The molecule has 0 amide bonds. The highest BCUT2D eigenvalue weighted by Gasteiger charge is 2.15. The number of pyridine rings is 2. The largest absolute Gasteiger partial charge is 0.245 e. The van der Waals surface area contributed by atoms with Crippen LogP contribution in [0, 0.1) is 0 Å². The van der Waals surface area contributed by atoms with Gasteiger partial charge in [-0.1, -0.05) is 127 Å². The van der Waals surface area contributed by atoms with Crippen LogP contribution in [0.4, 0.5) is 0 Å². The first-order valence-corrected chi connectivity index (χ1v) is 15.4. The molecule has 4 heteroatoms. The molecule has 0 aliphatic carbocycles. The third-order valence-corrected chi connectivity index (χ3v) is 8.64. The fourth-order valence-corrected chi connectivity index (χ4v) is 6.24. The summed E-state index contributed by atoms with van der Waals surface area (Å²) in [4.78, 5) is 20.5. The van der Waals surface area contributed by atoms with E-state index in [2.05, 4.69) is 115 Å². The first kappa shape index (κ1) is 26.2. The van der Waals surface area contributed by atoms with E-state index in [4.69, 9.17) is 19.9 Å². The SMILES string of the molecule is c1ccc(-c2ccc3ccc4ccc(-c5ccc(-c6nc7ccccc7nc6-c6ccc7ccccc7c6)cc5)nc4c3n2)cc1. The van der Waals surface area contributed by atoms with Gasteiger partial charge in [0.05, 0.1) is 44.8 Å². The van der Waals surface area contributed by atoms with Crippen LogP contribution >= 0.6 is 0 Å². The monoisotopic (exact) mass is 586 g/mol. The lowest BCUT2D eigenvalue weighted by Crippen LogP contribution is -1.96. The Morgan fingerprint density at radius 3 is 1.39 bits per heavy atom. The molecule has 0 aliphatic rings. The van der Waals surface area contributed by atoms with Gasteiger partial charge in [0.1, 0.15) is 0 Å². The lowest BCUT2D eigenvalue weighted by atomic mass is 9.99. The quantitative estimate of drug-likeness (QED) is 0.193. The van der Waals surface area contributed by atoms with E-state index >= 15 is 0 Å². The fraction of sp³-hybridized carbons (Fsp3) is 0. The molecule has 9 aromatic rings. The van der Waals surface area contributed by atoms with Crippen LogP contribution in [-0.4, -0.2) is 19.9 Å². The standard InChI is InChI=1S/C42H26N4/c1-2-9-28(10-3-1)35-24-22-31-19-20-32-23-25-36(44-40(32)39(31)43-35)29-15-17-30(18-16-29)41-42(46-38-13-7-6-12-37(38)45-41)34-21-14-27-8-4-5-11-33(27)26-34/h1-26H. The van der Waals surface area contributed by atoms with Gasteiger partial charge in [-0.2, -0.15) is 0 Å². The van der Waals surface area contributed by atoms with Crippen molar-refractivity contribution in [3.8, 4) is 45.0 Å². The van der Waals surface area contributed by atoms with Crippen molar-refractivity contribution in [1.82, 2.24) is 19.9 Å². The minimum atomic E-state index is 0.857. The van der Waals surface area contributed by atoms with Gasteiger partial charge in [-0.05, 0) is 41.1 Å². The number of hydrogen-bond acceptors (Lipinski definition) is 4. The zero-order chi connectivity index (χ0) is 30.5. The Bertz CT molecular complexity index is 2570. The Kier molecular flexibility index (Phi) is 6.10.